The van der Waals surface area contributed by atoms with Crippen LogP contribution >= 0.6 is 0 Å². The fourth-order valence-electron chi connectivity index (χ4n) is 3.29. The molecule has 2 saturated heterocycles. The smallest absolute Gasteiger partial charge is 0.231 e. The van der Waals surface area contributed by atoms with Gasteiger partial charge in [0.05, 0.1) is 5.92 Å². The Balaban J connectivity index is 1.78. The van der Waals surface area contributed by atoms with E-state index in [1.165, 1.54) is 6.42 Å². The highest BCUT2D eigenvalue weighted by atomic mass is 16.2. The Morgan fingerprint density at radius 1 is 1.44 bits per heavy atom. The molecule has 0 spiro atoms. The Kier molecular flexibility index (Phi) is 3.04. The molecule has 0 aromatic carbocycles. The molecule has 3 atom stereocenters. The Hall–Kier alpha value is -1.42. The van der Waals surface area contributed by atoms with Gasteiger partial charge in [0.25, 0.3) is 0 Å². The van der Waals surface area contributed by atoms with Crippen LogP contribution in [0.5, 0.6) is 0 Å². The summed E-state index contributed by atoms with van der Waals surface area (Å²) < 4.78 is 0. The van der Waals surface area contributed by atoms with E-state index in [9.17, 15) is 4.79 Å². The largest absolute Gasteiger partial charge is 0.312 e. The van der Waals surface area contributed by atoms with Crippen molar-refractivity contribution in [3.05, 3.63) is 24.5 Å². The third-order valence-corrected chi connectivity index (χ3v) is 4.17. The number of anilines is 1. The minimum absolute atomic E-state index is 0.164. The number of carbonyl (C=O) groups excluding carboxylic acids is 1. The van der Waals surface area contributed by atoms with Crippen molar-refractivity contribution in [2.45, 2.75) is 38.3 Å². The van der Waals surface area contributed by atoms with Gasteiger partial charge in [-0.05, 0) is 38.3 Å². The second-order valence-electron chi connectivity index (χ2n) is 5.18. The molecule has 4 heteroatoms. The number of carbonyl (C=O) groups is 1. The van der Waals surface area contributed by atoms with Gasteiger partial charge in [0.15, 0.2) is 0 Å². The molecule has 3 unspecified atom stereocenters. The van der Waals surface area contributed by atoms with Gasteiger partial charge >= 0.3 is 0 Å². The Bertz CT molecular complexity index is 434. The fourth-order valence-corrected chi connectivity index (χ4v) is 3.29. The van der Waals surface area contributed by atoms with Crippen molar-refractivity contribution in [3.63, 3.8) is 0 Å². The molecule has 1 aromatic rings. The number of fused-ring (bicyclic) bond motifs is 2. The maximum Gasteiger partial charge on any atom is 0.231 e. The van der Waals surface area contributed by atoms with Crippen molar-refractivity contribution in [2.75, 3.05) is 11.4 Å². The van der Waals surface area contributed by atoms with Crippen LogP contribution in [-0.2, 0) is 4.79 Å². The summed E-state index contributed by atoms with van der Waals surface area (Å²) >= 11 is 0. The number of hydrogen-bond acceptors (Lipinski definition) is 3. The van der Waals surface area contributed by atoms with Crippen molar-refractivity contribution in [2.24, 2.45) is 5.92 Å². The summed E-state index contributed by atoms with van der Waals surface area (Å²) in [6.07, 6.45) is 6.87. The van der Waals surface area contributed by atoms with E-state index >= 15 is 0 Å². The van der Waals surface area contributed by atoms with Crippen LogP contribution in [-0.4, -0.2) is 29.5 Å². The minimum Gasteiger partial charge on any atom is -0.312 e. The van der Waals surface area contributed by atoms with E-state index < -0.39 is 0 Å². The molecule has 2 bridgehead atoms. The van der Waals surface area contributed by atoms with Gasteiger partial charge in [-0.3, -0.25) is 9.78 Å². The van der Waals surface area contributed by atoms with Gasteiger partial charge in [0.1, 0.15) is 0 Å². The molecule has 18 heavy (non-hydrogen) atoms. The molecular weight excluding hydrogens is 226 g/mol. The van der Waals surface area contributed by atoms with Crippen LogP contribution < -0.4 is 10.2 Å². The van der Waals surface area contributed by atoms with Gasteiger partial charge in [-0.1, -0.05) is 0 Å². The molecule has 96 valence electrons. The van der Waals surface area contributed by atoms with Crippen LogP contribution in [0.25, 0.3) is 0 Å². The molecule has 2 fully saturated rings. The number of nitrogens with one attached hydrogen (secondary N) is 1. The van der Waals surface area contributed by atoms with Crippen LogP contribution in [0.4, 0.5) is 5.69 Å². The zero-order chi connectivity index (χ0) is 12.5. The summed E-state index contributed by atoms with van der Waals surface area (Å²) in [4.78, 5) is 18.5. The number of hydrogen-bond donors (Lipinski definition) is 1. The first-order valence-electron chi connectivity index (χ1n) is 6.77. The maximum absolute atomic E-state index is 12.6. The van der Waals surface area contributed by atoms with Gasteiger partial charge in [0.2, 0.25) is 5.91 Å². The van der Waals surface area contributed by atoms with Crippen molar-refractivity contribution in [1.29, 1.82) is 0 Å². The van der Waals surface area contributed by atoms with Crippen molar-refractivity contribution in [3.8, 4) is 0 Å². The van der Waals surface area contributed by atoms with Crippen LogP contribution in [0, 0.1) is 5.92 Å². The molecule has 1 amide bonds. The van der Waals surface area contributed by atoms with Crippen LogP contribution in [0.15, 0.2) is 24.5 Å². The topological polar surface area (TPSA) is 45.2 Å². The van der Waals surface area contributed by atoms with Gasteiger partial charge in [0, 0.05) is 36.7 Å². The highest BCUT2D eigenvalue weighted by molar-refractivity contribution is 5.95. The highest BCUT2D eigenvalue weighted by Gasteiger charge is 2.44. The van der Waals surface area contributed by atoms with E-state index in [0.29, 0.717) is 12.1 Å². The molecular formula is C14H19N3O. The van der Waals surface area contributed by atoms with Crippen molar-refractivity contribution >= 4 is 11.6 Å². The standard InChI is InChI=1S/C14H19N3O/c1-2-17(11-5-7-15-8-6-11)14(18)12-9-10-3-4-13(12)16-10/h5-8,10,12-13,16H,2-4,9H2,1H3. The van der Waals surface area contributed by atoms with E-state index in [-0.39, 0.29) is 11.8 Å². The molecule has 1 N–H and O–H groups in total. The second-order valence-corrected chi connectivity index (χ2v) is 5.18. The number of aromatic nitrogens is 1. The molecule has 0 saturated carbocycles. The summed E-state index contributed by atoms with van der Waals surface area (Å²) in [5.41, 5.74) is 0.959. The van der Waals surface area contributed by atoms with Gasteiger partial charge in [-0.25, -0.2) is 0 Å². The SMILES string of the molecule is CCN(C(=O)C1CC2CCC1N2)c1ccncc1. The predicted molar refractivity (Wildman–Crippen MR) is 70.3 cm³/mol. The lowest BCUT2D eigenvalue weighted by Gasteiger charge is -2.27. The highest BCUT2D eigenvalue weighted by Crippen LogP contribution is 2.35. The monoisotopic (exact) mass is 245 g/mol. The molecule has 2 aliphatic heterocycles. The molecule has 3 rings (SSSR count). The number of nitrogens with zero attached hydrogens (tertiary/aromatic N) is 2. The van der Waals surface area contributed by atoms with Crippen LogP contribution in [0.3, 0.4) is 0 Å². The van der Waals surface area contributed by atoms with E-state index in [1.54, 1.807) is 12.4 Å². The summed E-state index contributed by atoms with van der Waals surface area (Å²) in [6.45, 7) is 2.75. The Morgan fingerprint density at radius 3 is 2.78 bits per heavy atom. The molecule has 0 radical (unpaired) electrons. The molecule has 0 aliphatic carbocycles. The molecule has 1 aromatic heterocycles. The van der Waals surface area contributed by atoms with Gasteiger partial charge < -0.3 is 10.2 Å². The quantitative estimate of drug-likeness (QED) is 0.879. The van der Waals surface area contributed by atoms with Gasteiger partial charge in [-0.15, -0.1) is 0 Å². The molecule has 3 heterocycles. The van der Waals surface area contributed by atoms with E-state index in [0.717, 1.165) is 25.1 Å². The summed E-state index contributed by atoms with van der Waals surface area (Å²) in [7, 11) is 0. The maximum atomic E-state index is 12.6. The lowest BCUT2D eigenvalue weighted by molar-refractivity contribution is -0.122. The number of rotatable bonds is 3. The lowest BCUT2D eigenvalue weighted by Crippen LogP contribution is -2.41. The predicted octanol–water partition coefficient (Wildman–Crippen LogP) is 1.57. The first-order valence-corrected chi connectivity index (χ1v) is 6.77. The zero-order valence-corrected chi connectivity index (χ0v) is 10.7. The number of pyridine rings is 1. The van der Waals surface area contributed by atoms with E-state index in [1.807, 2.05) is 24.0 Å². The van der Waals surface area contributed by atoms with Crippen LogP contribution in [0.1, 0.15) is 26.2 Å². The average molecular weight is 245 g/mol. The van der Waals surface area contributed by atoms with E-state index in [4.69, 9.17) is 0 Å². The van der Waals surface area contributed by atoms with Crippen LogP contribution in [0.2, 0.25) is 0 Å². The normalized spacial score (nSPS) is 29.5. The average Bonchev–Trinajstić information content (AvgIpc) is 3.03. The third kappa shape index (κ3) is 1.90. The summed E-state index contributed by atoms with van der Waals surface area (Å²) in [5, 5.41) is 3.53. The third-order valence-electron chi connectivity index (χ3n) is 4.17. The summed E-state index contributed by atoms with van der Waals surface area (Å²) in [5.74, 6) is 0.431. The number of amides is 1. The first-order chi connectivity index (χ1) is 8.79. The lowest BCUT2D eigenvalue weighted by atomic mass is 9.88. The molecule has 4 nitrogen and oxygen atoms in total. The fraction of sp³-hybridized carbons (Fsp3) is 0.571. The Morgan fingerprint density at radius 2 is 2.22 bits per heavy atom. The minimum atomic E-state index is 0.164. The second kappa shape index (κ2) is 4.69. The van der Waals surface area contributed by atoms with Crippen molar-refractivity contribution < 1.29 is 4.79 Å². The summed E-state index contributed by atoms with van der Waals surface area (Å²) in [6, 6.07) is 4.78. The first kappa shape index (κ1) is 11.7. The van der Waals surface area contributed by atoms with Crippen molar-refractivity contribution in [1.82, 2.24) is 10.3 Å². The Labute approximate surface area is 107 Å². The zero-order valence-electron chi connectivity index (χ0n) is 10.7. The van der Waals surface area contributed by atoms with Gasteiger partial charge in [-0.2, -0.15) is 0 Å². The molecule has 2 aliphatic rings. The van der Waals surface area contributed by atoms with E-state index in [2.05, 4.69) is 10.3 Å².